The highest BCUT2D eigenvalue weighted by Gasteiger charge is 2.30. The predicted molar refractivity (Wildman–Crippen MR) is 82.7 cm³/mol. The van der Waals surface area contributed by atoms with Crippen molar-refractivity contribution in [2.24, 2.45) is 11.1 Å². The van der Waals surface area contributed by atoms with Crippen LogP contribution in [0.25, 0.3) is 0 Å². The molecule has 1 aromatic rings. The molecule has 0 amide bonds. The second kappa shape index (κ2) is 5.54. The van der Waals surface area contributed by atoms with Crippen LogP contribution in [-0.2, 0) is 5.41 Å². The Balaban J connectivity index is 2.99. The molecule has 0 fully saturated rings. The van der Waals surface area contributed by atoms with Crippen molar-refractivity contribution in [2.75, 3.05) is 0 Å². The van der Waals surface area contributed by atoms with Crippen molar-refractivity contribution in [3.63, 3.8) is 0 Å². The van der Waals surface area contributed by atoms with Gasteiger partial charge in [-0.2, -0.15) is 0 Å². The molecule has 2 unspecified atom stereocenters. The van der Waals surface area contributed by atoms with Gasteiger partial charge in [0.05, 0.1) is 0 Å². The summed E-state index contributed by atoms with van der Waals surface area (Å²) in [7, 11) is 0. The van der Waals surface area contributed by atoms with E-state index in [9.17, 15) is 0 Å². The molecule has 0 aliphatic carbocycles. The molecule has 0 aliphatic heterocycles. The van der Waals surface area contributed by atoms with Crippen LogP contribution in [0.1, 0.15) is 54.0 Å². The number of hydrogen-bond acceptors (Lipinski definition) is 2. The maximum Gasteiger partial charge on any atom is 0.120 e. The normalized spacial score (nSPS) is 16.0. The van der Waals surface area contributed by atoms with Crippen molar-refractivity contribution in [3.05, 3.63) is 29.8 Å². The molecular formula is C17H29NO. The van der Waals surface area contributed by atoms with Gasteiger partial charge in [-0.3, -0.25) is 0 Å². The highest BCUT2D eigenvalue weighted by Crippen LogP contribution is 2.30. The lowest BCUT2D eigenvalue weighted by molar-refractivity contribution is 0.0683. The maximum atomic E-state index is 6.15. The summed E-state index contributed by atoms with van der Waals surface area (Å²) < 4.78 is 6.15. The van der Waals surface area contributed by atoms with E-state index in [-0.39, 0.29) is 23.0 Å². The molecule has 2 nitrogen and oxygen atoms in total. The number of nitrogens with two attached hydrogens (primary N) is 1. The van der Waals surface area contributed by atoms with Gasteiger partial charge in [-0.25, -0.2) is 0 Å². The summed E-state index contributed by atoms with van der Waals surface area (Å²) in [6, 6.07) is 8.33. The second-order valence-electron chi connectivity index (χ2n) is 7.54. The molecule has 108 valence electrons. The summed E-state index contributed by atoms with van der Waals surface area (Å²) in [4.78, 5) is 0. The molecule has 2 N–H and O–H groups in total. The van der Waals surface area contributed by atoms with E-state index in [4.69, 9.17) is 10.5 Å². The van der Waals surface area contributed by atoms with Crippen LogP contribution in [0.2, 0.25) is 0 Å². The minimum atomic E-state index is -0.00158. The van der Waals surface area contributed by atoms with Crippen molar-refractivity contribution < 1.29 is 4.74 Å². The second-order valence-corrected chi connectivity index (χ2v) is 7.54. The number of rotatable bonds is 3. The third kappa shape index (κ3) is 4.54. The van der Waals surface area contributed by atoms with E-state index in [1.165, 1.54) is 5.56 Å². The Morgan fingerprint density at radius 2 is 1.63 bits per heavy atom. The molecule has 0 heterocycles. The molecule has 19 heavy (non-hydrogen) atoms. The molecule has 2 atom stereocenters. The van der Waals surface area contributed by atoms with Gasteiger partial charge in [0.15, 0.2) is 0 Å². The van der Waals surface area contributed by atoms with Crippen LogP contribution in [0.3, 0.4) is 0 Å². The largest absolute Gasteiger partial charge is 0.488 e. The van der Waals surface area contributed by atoms with Gasteiger partial charge in [-0.1, -0.05) is 53.7 Å². The van der Waals surface area contributed by atoms with Crippen LogP contribution < -0.4 is 10.5 Å². The molecular weight excluding hydrogens is 234 g/mol. The van der Waals surface area contributed by atoms with Crippen molar-refractivity contribution in [1.82, 2.24) is 0 Å². The molecule has 0 radical (unpaired) electrons. The van der Waals surface area contributed by atoms with Crippen LogP contribution in [0.15, 0.2) is 24.3 Å². The van der Waals surface area contributed by atoms with E-state index in [1.807, 2.05) is 13.0 Å². The summed E-state index contributed by atoms with van der Waals surface area (Å²) in [6.45, 7) is 15.1. The molecule has 1 aromatic carbocycles. The summed E-state index contributed by atoms with van der Waals surface area (Å²) >= 11 is 0. The zero-order valence-electron chi connectivity index (χ0n) is 13.4. The van der Waals surface area contributed by atoms with E-state index < -0.39 is 0 Å². The monoisotopic (exact) mass is 263 g/mol. The fourth-order valence-electron chi connectivity index (χ4n) is 2.26. The smallest absolute Gasteiger partial charge is 0.120 e. The molecule has 0 aromatic heterocycles. The summed E-state index contributed by atoms with van der Waals surface area (Å²) in [6.07, 6.45) is 0.00252. The van der Waals surface area contributed by atoms with E-state index in [1.54, 1.807) is 0 Å². The molecule has 0 saturated carbocycles. The minimum absolute atomic E-state index is 0.00158. The lowest BCUT2D eigenvalue weighted by Gasteiger charge is -2.34. The standard InChI is InChI=1S/C17H29NO/c1-12(18)15(17(5,6)7)19-14-10-8-9-13(11-14)16(2,3)4/h8-12,15H,18H2,1-7H3. The summed E-state index contributed by atoms with van der Waals surface area (Å²) in [5.74, 6) is 0.907. The highest BCUT2D eigenvalue weighted by atomic mass is 16.5. The Kier molecular flexibility index (Phi) is 4.67. The van der Waals surface area contributed by atoms with Crippen LogP contribution >= 0.6 is 0 Å². The van der Waals surface area contributed by atoms with Gasteiger partial charge >= 0.3 is 0 Å². The van der Waals surface area contributed by atoms with E-state index in [2.05, 4.69) is 59.7 Å². The number of hydrogen-bond donors (Lipinski definition) is 1. The fourth-order valence-corrected chi connectivity index (χ4v) is 2.26. The minimum Gasteiger partial charge on any atom is -0.488 e. The van der Waals surface area contributed by atoms with Crippen LogP contribution in [-0.4, -0.2) is 12.1 Å². The lowest BCUT2D eigenvalue weighted by atomic mass is 9.85. The zero-order valence-corrected chi connectivity index (χ0v) is 13.4. The first-order valence-electron chi connectivity index (χ1n) is 7.04. The first kappa shape index (κ1) is 16.0. The molecule has 0 aliphatic rings. The van der Waals surface area contributed by atoms with Gasteiger partial charge in [-0.05, 0) is 30.0 Å². The Bertz CT molecular complexity index is 410. The van der Waals surface area contributed by atoms with Crippen molar-refractivity contribution in [2.45, 2.75) is 66.0 Å². The van der Waals surface area contributed by atoms with Gasteiger partial charge in [0, 0.05) is 11.5 Å². The average Bonchev–Trinajstić information content (AvgIpc) is 2.23. The number of ether oxygens (including phenoxy) is 1. The zero-order chi connectivity index (χ0) is 14.8. The van der Waals surface area contributed by atoms with Gasteiger partial charge < -0.3 is 10.5 Å². The van der Waals surface area contributed by atoms with E-state index >= 15 is 0 Å². The van der Waals surface area contributed by atoms with Crippen molar-refractivity contribution in [3.8, 4) is 5.75 Å². The van der Waals surface area contributed by atoms with Crippen LogP contribution in [0, 0.1) is 5.41 Å². The van der Waals surface area contributed by atoms with E-state index in [0.29, 0.717) is 0 Å². The van der Waals surface area contributed by atoms with E-state index in [0.717, 1.165) is 5.75 Å². The Labute approximate surface area is 118 Å². The van der Waals surface area contributed by atoms with Crippen LogP contribution in [0.5, 0.6) is 5.75 Å². The summed E-state index contributed by atoms with van der Waals surface area (Å²) in [5.41, 5.74) is 7.50. The molecule has 0 bridgehead atoms. The summed E-state index contributed by atoms with van der Waals surface area (Å²) in [5, 5.41) is 0. The predicted octanol–water partition coefficient (Wildman–Crippen LogP) is 4.12. The van der Waals surface area contributed by atoms with Gasteiger partial charge in [0.2, 0.25) is 0 Å². The third-order valence-corrected chi connectivity index (χ3v) is 3.29. The average molecular weight is 263 g/mol. The Hall–Kier alpha value is -1.02. The molecule has 0 saturated heterocycles. The SMILES string of the molecule is CC(N)C(Oc1cccc(C(C)(C)C)c1)C(C)(C)C. The molecule has 0 spiro atoms. The van der Waals surface area contributed by atoms with Crippen molar-refractivity contribution in [1.29, 1.82) is 0 Å². The molecule has 2 heteroatoms. The fraction of sp³-hybridized carbons (Fsp3) is 0.647. The van der Waals surface area contributed by atoms with Crippen molar-refractivity contribution >= 4 is 0 Å². The topological polar surface area (TPSA) is 35.2 Å². The first-order valence-corrected chi connectivity index (χ1v) is 7.04. The molecule has 1 rings (SSSR count). The highest BCUT2D eigenvalue weighted by molar-refractivity contribution is 5.32. The Morgan fingerprint density at radius 3 is 2.05 bits per heavy atom. The third-order valence-electron chi connectivity index (χ3n) is 3.29. The lowest BCUT2D eigenvalue weighted by Crippen LogP contribution is -2.45. The number of benzene rings is 1. The first-order chi connectivity index (χ1) is 8.51. The maximum absolute atomic E-state index is 6.15. The van der Waals surface area contributed by atoms with Crippen LogP contribution in [0.4, 0.5) is 0 Å². The van der Waals surface area contributed by atoms with Gasteiger partial charge in [0.25, 0.3) is 0 Å². The Morgan fingerprint density at radius 1 is 1.05 bits per heavy atom. The van der Waals surface area contributed by atoms with Gasteiger partial charge in [-0.15, -0.1) is 0 Å². The quantitative estimate of drug-likeness (QED) is 0.890. The van der Waals surface area contributed by atoms with Gasteiger partial charge in [0.1, 0.15) is 11.9 Å².